The molecule has 1 N–H and O–H groups in total. The number of hydrogen-bond acceptors (Lipinski definition) is 4. The third kappa shape index (κ3) is 4.45. The van der Waals surface area contributed by atoms with Crippen LogP contribution in [0.3, 0.4) is 0 Å². The van der Waals surface area contributed by atoms with Crippen LogP contribution in [0.15, 0.2) is 79.0 Å². The molecule has 2 aromatic carbocycles. The summed E-state index contributed by atoms with van der Waals surface area (Å²) in [5.41, 5.74) is 4.44. The minimum atomic E-state index is -0.672. The summed E-state index contributed by atoms with van der Waals surface area (Å²) < 4.78 is 30.1. The van der Waals surface area contributed by atoms with E-state index in [1.54, 1.807) is 24.4 Å². The van der Waals surface area contributed by atoms with Crippen molar-refractivity contribution < 1.29 is 18.4 Å². The zero-order valence-corrected chi connectivity index (χ0v) is 22.0. The number of rotatable bonds is 7. The number of halogens is 2. The van der Waals surface area contributed by atoms with Gasteiger partial charge in [-0.15, -0.1) is 0 Å². The second-order valence-electron chi connectivity index (χ2n) is 10.3. The van der Waals surface area contributed by atoms with E-state index >= 15 is 4.39 Å². The Morgan fingerprint density at radius 1 is 0.975 bits per heavy atom. The molecular formula is C32H26F2N4O2. The number of ketones is 1. The van der Waals surface area contributed by atoms with Crippen molar-refractivity contribution in [1.29, 1.82) is 0 Å². The molecule has 1 fully saturated rings. The number of hydrogen-bond donors (Lipinski definition) is 1. The molecule has 3 heterocycles. The highest BCUT2D eigenvalue weighted by Crippen LogP contribution is 2.50. The largest absolute Gasteiger partial charge is 0.355 e. The number of carbonyl (C=O) groups excluding carboxylic acids is 2. The lowest BCUT2D eigenvalue weighted by atomic mass is 9.90. The van der Waals surface area contributed by atoms with Gasteiger partial charge in [-0.1, -0.05) is 18.2 Å². The van der Waals surface area contributed by atoms with E-state index in [4.69, 9.17) is 0 Å². The molecule has 6 nitrogen and oxygen atoms in total. The molecule has 6 rings (SSSR count). The number of aryl methyl sites for hydroxylation is 1. The summed E-state index contributed by atoms with van der Waals surface area (Å²) >= 11 is 0. The molecule has 5 aromatic rings. The van der Waals surface area contributed by atoms with Crippen LogP contribution in [0.25, 0.3) is 27.9 Å². The fourth-order valence-corrected chi connectivity index (χ4v) is 5.29. The van der Waals surface area contributed by atoms with Gasteiger partial charge in [-0.25, -0.2) is 8.91 Å². The first kappa shape index (κ1) is 25.6. The van der Waals surface area contributed by atoms with Gasteiger partial charge in [0.1, 0.15) is 11.5 Å². The monoisotopic (exact) mass is 536 g/mol. The molecule has 200 valence electrons. The van der Waals surface area contributed by atoms with Gasteiger partial charge in [0.25, 0.3) is 5.91 Å². The Morgan fingerprint density at radius 2 is 1.75 bits per heavy atom. The van der Waals surface area contributed by atoms with Gasteiger partial charge < -0.3 is 5.32 Å². The number of nitrogens with one attached hydrogen (secondary N) is 1. The maximum Gasteiger partial charge on any atom is 0.255 e. The van der Waals surface area contributed by atoms with Gasteiger partial charge in [0.05, 0.1) is 11.1 Å². The SMILES string of the molecule is CNC(=O)c1c(-c2ccc(F)cc2)nn2c(F)cc(-c3cc(C(=O)CC4(c5ccccn5)CC4)ccc3C)cc12. The summed E-state index contributed by atoms with van der Waals surface area (Å²) in [4.78, 5) is 30.9. The second kappa shape index (κ2) is 9.79. The van der Waals surface area contributed by atoms with Crippen molar-refractivity contribution in [2.45, 2.75) is 31.6 Å². The molecular weight excluding hydrogens is 510 g/mol. The number of aromatic nitrogens is 3. The first-order valence-electron chi connectivity index (χ1n) is 13.1. The highest BCUT2D eigenvalue weighted by atomic mass is 19.1. The van der Waals surface area contributed by atoms with E-state index in [2.05, 4.69) is 15.4 Å². The van der Waals surface area contributed by atoms with Crippen LogP contribution in [0.5, 0.6) is 0 Å². The molecule has 1 aliphatic rings. The van der Waals surface area contributed by atoms with E-state index in [0.29, 0.717) is 28.7 Å². The van der Waals surface area contributed by atoms with Gasteiger partial charge in [-0.05, 0) is 85.0 Å². The van der Waals surface area contributed by atoms with Crippen LogP contribution in [0.1, 0.15) is 51.2 Å². The predicted octanol–water partition coefficient (Wildman–Crippen LogP) is 6.31. The lowest BCUT2D eigenvalue weighted by Crippen LogP contribution is -2.18. The van der Waals surface area contributed by atoms with E-state index in [9.17, 15) is 14.0 Å². The minimum Gasteiger partial charge on any atom is -0.355 e. The molecule has 0 spiro atoms. The van der Waals surface area contributed by atoms with Gasteiger partial charge in [0, 0.05) is 48.0 Å². The average Bonchev–Trinajstić information content (AvgIpc) is 3.64. The van der Waals surface area contributed by atoms with Crippen LogP contribution in [0.2, 0.25) is 0 Å². The van der Waals surface area contributed by atoms with Gasteiger partial charge >= 0.3 is 0 Å². The molecule has 3 aromatic heterocycles. The summed E-state index contributed by atoms with van der Waals surface area (Å²) in [6, 6.07) is 19.8. The number of nitrogens with zero attached hydrogens (tertiary/aromatic N) is 3. The number of fused-ring (bicyclic) bond motifs is 1. The Balaban J connectivity index is 1.42. The van der Waals surface area contributed by atoms with Gasteiger partial charge in [0.15, 0.2) is 5.78 Å². The minimum absolute atomic E-state index is 0.0000447. The van der Waals surface area contributed by atoms with Crippen molar-refractivity contribution >= 4 is 17.2 Å². The van der Waals surface area contributed by atoms with Crippen LogP contribution in [0, 0.1) is 18.7 Å². The smallest absolute Gasteiger partial charge is 0.255 e. The number of amides is 1. The Hall–Kier alpha value is -4.72. The molecule has 0 unspecified atom stereocenters. The first-order chi connectivity index (χ1) is 19.3. The first-order valence-corrected chi connectivity index (χ1v) is 13.1. The van der Waals surface area contributed by atoms with Gasteiger partial charge in [0.2, 0.25) is 5.95 Å². The van der Waals surface area contributed by atoms with Crippen molar-refractivity contribution in [3.8, 4) is 22.4 Å². The fraction of sp³-hybridized carbons (Fsp3) is 0.188. The molecule has 0 aliphatic heterocycles. The van der Waals surface area contributed by atoms with Crippen molar-refractivity contribution in [2.24, 2.45) is 0 Å². The van der Waals surface area contributed by atoms with Crippen molar-refractivity contribution in [3.05, 3.63) is 113 Å². The van der Waals surface area contributed by atoms with E-state index in [1.165, 1.54) is 37.4 Å². The summed E-state index contributed by atoms with van der Waals surface area (Å²) in [5.74, 6) is -1.55. The standard InChI is InChI=1S/C32H26F2N4O2/c1-19-6-7-21(26(39)18-32(12-13-32)27-5-3-4-14-36-27)15-24(19)22-16-25-29(31(40)35-2)30(37-38(25)28(34)17-22)20-8-10-23(33)11-9-20/h3-11,14-17H,12-13,18H2,1-2H3,(H,35,40). The van der Waals surface area contributed by atoms with Gasteiger partial charge in [-0.3, -0.25) is 14.6 Å². The van der Waals surface area contributed by atoms with Crippen LogP contribution in [0.4, 0.5) is 8.78 Å². The molecule has 1 amide bonds. The molecule has 0 atom stereocenters. The van der Waals surface area contributed by atoms with Crippen LogP contribution >= 0.6 is 0 Å². The zero-order valence-electron chi connectivity index (χ0n) is 22.0. The maximum atomic E-state index is 15.5. The summed E-state index contributed by atoms with van der Waals surface area (Å²) in [7, 11) is 1.48. The van der Waals surface area contributed by atoms with Crippen LogP contribution in [-0.2, 0) is 5.41 Å². The molecule has 0 bridgehead atoms. The Morgan fingerprint density at radius 3 is 2.42 bits per heavy atom. The number of pyridine rings is 2. The van der Waals surface area contributed by atoms with E-state index in [1.807, 2.05) is 31.2 Å². The predicted molar refractivity (Wildman–Crippen MR) is 148 cm³/mol. The second-order valence-corrected chi connectivity index (χ2v) is 10.3. The van der Waals surface area contributed by atoms with Gasteiger partial charge in [-0.2, -0.15) is 9.49 Å². The summed E-state index contributed by atoms with van der Waals surface area (Å²) in [6.07, 6.45) is 3.93. The lowest BCUT2D eigenvalue weighted by Gasteiger charge is -2.15. The number of Topliss-reactive ketones (excluding diaryl/α,β-unsaturated/α-hetero) is 1. The third-order valence-corrected chi connectivity index (χ3v) is 7.69. The normalized spacial score (nSPS) is 13.8. The molecule has 1 saturated carbocycles. The van der Waals surface area contributed by atoms with Crippen molar-refractivity contribution in [1.82, 2.24) is 19.9 Å². The Kier molecular flexibility index (Phi) is 6.25. The van der Waals surface area contributed by atoms with Crippen LogP contribution < -0.4 is 5.32 Å². The molecule has 8 heteroatoms. The van der Waals surface area contributed by atoms with E-state index in [-0.39, 0.29) is 28.0 Å². The third-order valence-electron chi connectivity index (χ3n) is 7.69. The van der Waals surface area contributed by atoms with E-state index in [0.717, 1.165) is 28.6 Å². The summed E-state index contributed by atoms with van der Waals surface area (Å²) in [5, 5.41) is 6.96. The maximum absolute atomic E-state index is 15.5. The zero-order chi connectivity index (χ0) is 28.0. The molecule has 40 heavy (non-hydrogen) atoms. The highest BCUT2D eigenvalue weighted by molar-refractivity contribution is 6.07. The average molecular weight is 537 g/mol. The molecule has 1 aliphatic carbocycles. The summed E-state index contributed by atoms with van der Waals surface area (Å²) in [6.45, 7) is 1.89. The quantitative estimate of drug-likeness (QED) is 0.195. The Bertz CT molecular complexity index is 1780. The molecule has 0 radical (unpaired) electrons. The van der Waals surface area contributed by atoms with Crippen molar-refractivity contribution in [3.63, 3.8) is 0 Å². The fourth-order valence-electron chi connectivity index (χ4n) is 5.29. The highest BCUT2D eigenvalue weighted by Gasteiger charge is 2.47. The van der Waals surface area contributed by atoms with Crippen molar-refractivity contribution in [2.75, 3.05) is 7.05 Å². The lowest BCUT2D eigenvalue weighted by molar-refractivity contribution is 0.0959. The molecule has 0 saturated heterocycles. The Labute approximate surface area is 229 Å². The van der Waals surface area contributed by atoms with E-state index < -0.39 is 17.7 Å². The number of carbonyl (C=O) groups is 2. The van der Waals surface area contributed by atoms with Crippen LogP contribution in [-0.4, -0.2) is 33.3 Å². The number of benzene rings is 2. The topological polar surface area (TPSA) is 76.4 Å².